The number of anilines is 1. The van der Waals surface area contributed by atoms with Crippen molar-refractivity contribution in [3.8, 4) is 11.5 Å². The lowest BCUT2D eigenvalue weighted by Crippen LogP contribution is -2.15. The SMILES string of the molecule is c1c[nH]c(CNc2ccc3c(c2)OCCO3)n1. The van der Waals surface area contributed by atoms with Crippen molar-refractivity contribution < 1.29 is 9.47 Å². The molecule has 2 heterocycles. The minimum absolute atomic E-state index is 0.606. The number of ether oxygens (including phenoxy) is 2. The van der Waals surface area contributed by atoms with Crippen molar-refractivity contribution in [3.63, 3.8) is 0 Å². The first kappa shape index (κ1) is 10.0. The number of benzene rings is 1. The molecule has 0 radical (unpaired) electrons. The fourth-order valence-electron chi connectivity index (χ4n) is 1.73. The Labute approximate surface area is 98.8 Å². The summed E-state index contributed by atoms with van der Waals surface area (Å²) in [6.45, 7) is 1.88. The minimum atomic E-state index is 0.606. The van der Waals surface area contributed by atoms with E-state index in [4.69, 9.17) is 9.47 Å². The van der Waals surface area contributed by atoms with Gasteiger partial charge in [-0.3, -0.25) is 0 Å². The topological polar surface area (TPSA) is 59.2 Å². The van der Waals surface area contributed by atoms with E-state index in [-0.39, 0.29) is 0 Å². The third-order valence-corrected chi connectivity index (χ3v) is 2.56. The van der Waals surface area contributed by atoms with Crippen molar-refractivity contribution in [2.24, 2.45) is 0 Å². The lowest BCUT2D eigenvalue weighted by Gasteiger charge is -2.19. The largest absolute Gasteiger partial charge is 0.486 e. The summed E-state index contributed by atoms with van der Waals surface area (Å²) in [5, 5.41) is 3.27. The van der Waals surface area contributed by atoms with E-state index < -0.39 is 0 Å². The Hall–Kier alpha value is -2.17. The second kappa shape index (κ2) is 4.37. The molecule has 0 fully saturated rings. The van der Waals surface area contributed by atoms with Crippen LogP contribution in [0.5, 0.6) is 11.5 Å². The van der Waals surface area contributed by atoms with Crippen molar-refractivity contribution in [2.75, 3.05) is 18.5 Å². The van der Waals surface area contributed by atoms with Crippen LogP contribution in [0.4, 0.5) is 5.69 Å². The Morgan fingerprint density at radius 1 is 1.24 bits per heavy atom. The first-order chi connectivity index (χ1) is 8.42. The highest BCUT2D eigenvalue weighted by Gasteiger charge is 2.11. The average Bonchev–Trinajstić information content (AvgIpc) is 2.89. The normalized spacial score (nSPS) is 13.4. The van der Waals surface area contributed by atoms with Gasteiger partial charge < -0.3 is 19.8 Å². The van der Waals surface area contributed by atoms with Gasteiger partial charge in [0.15, 0.2) is 11.5 Å². The fraction of sp³-hybridized carbons (Fsp3) is 0.250. The van der Waals surface area contributed by atoms with E-state index in [2.05, 4.69) is 15.3 Å². The zero-order chi connectivity index (χ0) is 11.5. The molecule has 2 aromatic rings. The maximum atomic E-state index is 5.51. The molecule has 5 nitrogen and oxygen atoms in total. The molecule has 1 aromatic heterocycles. The van der Waals surface area contributed by atoms with Crippen LogP contribution in [0.3, 0.4) is 0 Å². The highest BCUT2D eigenvalue weighted by atomic mass is 16.6. The van der Waals surface area contributed by atoms with Gasteiger partial charge in [-0.05, 0) is 12.1 Å². The summed E-state index contributed by atoms with van der Waals surface area (Å²) in [6, 6.07) is 5.83. The van der Waals surface area contributed by atoms with Gasteiger partial charge in [-0.1, -0.05) is 0 Å². The number of rotatable bonds is 3. The molecule has 1 aliphatic heterocycles. The lowest BCUT2D eigenvalue weighted by atomic mass is 10.2. The number of H-pyrrole nitrogens is 1. The highest BCUT2D eigenvalue weighted by Crippen LogP contribution is 2.32. The van der Waals surface area contributed by atoms with E-state index in [0.717, 1.165) is 23.0 Å². The molecule has 0 aliphatic carbocycles. The number of fused-ring (bicyclic) bond motifs is 1. The van der Waals surface area contributed by atoms with Gasteiger partial charge >= 0.3 is 0 Å². The molecule has 2 N–H and O–H groups in total. The Bertz CT molecular complexity index is 496. The smallest absolute Gasteiger partial charge is 0.163 e. The Morgan fingerprint density at radius 2 is 2.12 bits per heavy atom. The summed E-state index contributed by atoms with van der Waals surface area (Å²) < 4.78 is 11.0. The summed E-state index contributed by atoms with van der Waals surface area (Å²) >= 11 is 0. The number of aromatic nitrogens is 2. The number of hydrogen-bond acceptors (Lipinski definition) is 4. The van der Waals surface area contributed by atoms with Gasteiger partial charge in [0, 0.05) is 24.1 Å². The summed E-state index contributed by atoms with van der Waals surface area (Å²) in [5.41, 5.74) is 0.991. The first-order valence-electron chi connectivity index (χ1n) is 5.53. The van der Waals surface area contributed by atoms with Gasteiger partial charge in [-0.2, -0.15) is 0 Å². The molecule has 0 saturated heterocycles. The maximum absolute atomic E-state index is 5.51. The molecule has 0 bridgehead atoms. The van der Waals surface area contributed by atoms with Crippen molar-refractivity contribution in [1.82, 2.24) is 9.97 Å². The van der Waals surface area contributed by atoms with Crippen LogP contribution in [-0.2, 0) is 6.54 Å². The Kier molecular flexibility index (Phi) is 2.57. The van der Waals surface area contributed by atoms with Crippen LogP contribution in [0.1, 0.15) is 5.82 Å². The van der Waals surface area contributed by atoms with E-state index in [9.17, 15) is 0 Å². The number of aromatic amines is 1. The van der Waals surface area contributed by atoms with Crippen molar-refractivity contribution in [1.29, 1.82) is 0 Å². The highest BCUT2D eigenvalue weighted by molar-refractivity contribution is 5.55. The molecule has 0 spiro atoms. The van der Waals surface area contributed by atoms with E-state index in [0.29, 0.717) is 19.8 Å². The molecule has 88 valence electrons. The number of nitrogens with one attached hydrogen (secondary N) is 2. The monoisotopic (exact) mass is 231 g/mol. The van der Waals surface area contributed by atoms with Crippen LogP contribution >= 0.6 is 0 Å². The molecule has 0 saturated carbocycles. The summed E-state index contributed by atoms with van der Waals surface area (Å²) in [5.74, 6) is 2.50. The van der Waals surface area contributed by atoms with Gasteiger partial charge in [0.25, 0.3) is 0 Å². The Balaban J connectivity index is 1.71. The molecule has 0 atom stereocenters. The standard InChI is InChI=1S/C12H13N3O2/c1-2-10-11(17-6-5-16-10)7-9(1)15-8-12-13-3-4-14-12/h1-4,7,15H,5-6,8H2,(H,13,14). The maximum Gasteiger partial charge on any atom is 0.163 e. The second-order valence-electron chi connectivity index (χ2n) is 3.75. The quantitative estimate of drug-likeness (QED) is 0.845. The van der Waals surface area contributed by atoms with Gasteiger partial charge in [-0.15, -0.1) is 0 Å². The zero-order valence-corrected chi connectivity index (χ0v) is 9.27. The summed E-state index contributed by atoms with van der Waals surface area (Å²) in [7, 11) is 0. The van der Waals surface area contributed by atoms with Crippen LogP contribution in [0.15, 0.2) is 30.6 Å². The number of nitrogens with zero attached hydrogens (tertiary/aromatic N) is 1. The van der Waals surface area contributed by atoms with Crippen LogP contribution in [0.2, 0.25) is 0 Å². The molecular formula is C12H13N3O2. The van der Waals surface area contributed by atoms with E-state index in [1.54, 1.807) is 12.4 Å². The Morgan fingerprint density at radius 3 is 2.94 bits per heavy atom. The fourth-order valence-corrected chi connectivity index (χ4v) is 1.73. The second-order valence-corrected chi connectivity index (χ2v) is 3.75. The molecular weight excluding hydrogens is 218 g/mol. The van der Waals surface area contributed by atoms with E-state index in [1.807, 2.05) is 18.2 Å². The van der Waals surface area contributed by atoms with Crippen molar-refractivity contribution >= 4 is 5.69 Å². The van der Waals surface area contributed by atoms with Crippen molar-refractivity contribution in [3.05, 3.63) is 36.4 Å². The van der Waals surface area contributed by atoms with Crippen LogP contribution in [-0.4, -0.2) is 23.2 Å². The average molecular weight is 231 g/mol. The van der Waals surface area contributed by atoms with E-state index in [1.165, 1.54) is 0 Å². The minimum Gasteiger partial charge on any atom is -0.486 e. The van der Waals surface area contributed by atoms with Crippen LogP contribution in [0.25, 0.3) is 0 Å². The first-order valence-corrected chi connectivity index (χ1v) is 5.53. The van der Waals surface area contributed by atoms with Crippen LogP contribution < -0.4 is 14.8 Å². The molecule has 0 amide bonds. The molecule has 0 unspecified atom stereocenters. The van der Waals surface area contributed by atoms with E-state index >= 15 is 0 Å². The van der Waals surface area contributed by atoms with Crippen molar-refractivity contribution in [2.45, 2.75) is 6.54 Å². The number of hydrogen-bond donors (Lipinski definition) is 2. The predicted octanol–water partition coefficient (Wildman–Crippen LogP) is 1.79. The van der Waals surface area contributed by atoms with Crippen LogP contribution in [0, 0.1) is 0 Å². The zero-order valence-electron chi connectivity index (χ0n) is 9.27. The molecule has 3 rings (SSSR count). The van der Waals surface area contributed by atoms with Gasteiger partial charge in [-0.25, -0.2) is 4.98 Å². The lowest BCUT2D eigenvalue weighted by molar-refractivity contribution is 0.171. The third kappa shape index (κ3) is 2.18. The molecule has 1 aliphatic rings. The summed E-state index contributed by atoms with van der Waals surface area (Å²) in [4.78, 5) is 7.18. The number of imidazole rings is 1. The summed E-state index contributed by atoms with van der Waals surface area (Å²) in [6.07, 6.45) is 3.54. The molecule has 17 heavy (non-hydrogen) atoms. The van der Waals surface area contributed by atoms with Gasteiger partial charge in [0.05, 0.1) is 6.54 Å². The molecule has 5 heteroatoms. The van der Waals surface area contributed by atoms with Gasteiger partial charge in [0.1, 0.15) is 19.0 Å². The third-order valence-electron chi connectivity index (χ3n) is 2.56. The predicted molar refractivity (Wildman–Crippen MR) is 63.3 cm³/mol. The van der Waals surface area contributed by atoms with Gasteiger partial charge in [0.2, 0.25) is 0 Å². The molecule has 1 aromatic carbocycles.